The van der Waals surface area contributed by atoms with E-state index in [1.54, 1.807) is 0 Å². The molecule has 0 amide bonds. The lowest BCUT2D eigenvalue weighted by molar-refractivity contribution is -0.123. The van der Waals surface area contributed by atoms with Crippen molar-refractivity contribution in [1.82, 2.24) is 9.97 Å². The Hall–Kier alpha value is -3.31. The Morgan fingerprint density at radius 3 is 2.66 bits per heavy atom. The van der Waals surface area contributed by atoms with Crippen LogP contribution in [-0.2, 0) is 23.1 Å². The molecule has 5 nitrogen and oxygen atoms in total. The van der Waals surface area contributed by atoms with E-state index in [1.807, 2.05) is 32.0 Å². The highest BCUT2D eigenvalue weighted by atomic mass is 16.3. The van der Waals surface area contributed by atoms with E-state index >= 15 is 0 Å². The van der Waals surface area contributed by atoms with Gasteiger partial charge in [0.15, 0.2) is 5.78 Å². The summed E-state index contributed by atoms with van der Waals surface area (Å²) in [6, 6.07) is 18.8. The molecule has 2 aliphatic carbocycles. The third-order valence-corrected chi connectivity index (χ3v) is 7.95. The molecule has 1 aromatic heterocycles. The number of aryl methyl sites for hydroxylation is 2. The number of allylic oxidation sites excluding steroid dienone is 1. The molecule has 2 aliphatic rings. The number of aromatic nitrogens is 2. The Balaban J connectivity index is 1.75. The lowest BCUT2D eigenvalue weighted by Crippen LogP contribution is -2.51. The van der Waals surface area contributed by atoms with E-state index in [-0.39, 0.29) is 24.2 Å². The molecular formula is C30H32N2O3. The van der Waals surface area contributed by atoms with Crippen molar-refractivity contribution in [2.75, 3.05) is 6.61 Å². The summed E-state index contributed by atoms with van der Waals surface area (Å²) in [4.78, 5) is 23.1. The number of fused-ring (bicyclic) bond motifs is 3. The highest BCUT2D eigenvalue weighted by molar-refractivity contribution is 5.98. The minimum Gasteiger partial charge on any atom is -0.515 e. The summed E-state index contributed by atoms with van der Waals surface area (Å²) in [7, 11) is 0. The molecule has 0 saturated heterocycles. The first-order valence-corrected chi connectivity index (χ1v) is 12.5. The van der Waals surface area contributed by atoms with Crippen molar-refractivity contribution in [2.45, 2.75) is 51.4 Å². The van der Waals surface area contributed by atoms with E-state index < -0.39 is 5.41 Å². The zero-order valence-electron chi connectivity index (χ0n) is 20.4. The lowest BCUT2D eigenvalue weighted by Gasteiger charge is -2.51. The fraction of sp³-hybridized carbons (Fsp3) is 0.367. The second-order valence-corrected chi connectivity index (χ2v) is 9.94. The predicted molar refractivity (Wildman–Crippen MR) is 136 cm³/mol. The molecule has 2 N–H and O–H groups in total. The van der Waals surface area contributed by atoms with Gasteiger partial charge < -0.3 is 10.2 Å². The van der Waals surface area contributed by atoms with Gasteiger partial charge in [-0.1, -0.05) is 55.5 Å². The zero-order valence-corrected chi connectivity index (χ0v) is 20.4. The Bertz CT molecular complexity index is 1280. The van der Waals surface area contributed by atoms with E-state index in [0.717, 1.165) is 60.0 Å². The van der Waals surface area contributed by atoms with E-state index in [9.17, 15) is 15.0 Å². The molecule has 5 rings (SSSR count). The molecule has 2 aromatic carbocycles. The normalized spacial score (nSPS) is 24.8. The Labute approximate surface area is 206 Å². The topological polar surface area (TPSA) is 83.3 Å². The van der Waals surface area contributed by atoms with Crippen LogP contribution in [0.4, 0.5) is 0 Å². The van der Waals surface area contributed by atoms with Crippen LogP contribution in [0.5, 0.6) is 0 Å². The van der Waals surface area contributed by atoms with Crippen LogP contribution in [0.3, 0.4) is 0 Å². The standard InChI is InChI=1S/C30H32N2O3/c1-19-26-14-13-25-27(22-10-6-8-21(16-22)9-7-15-33)31-20(2)32-29(25)30(26,17-23(18-34)28(19)35)24-11-4-3-5-12-24/h3-6,8,10-12,16,18-19,26,33-34H,7,9,13-15,17H2,1-2H3/b23-18-/t19-,26-,30+/m0/s1. The number of Topliss-reactive ketones (excluding diaryl/α,β-unsaturated/α-hetero) is 1. The van der Waals surface area contributed by atoms with Gasteiger partial charge in [-0.3, -0.25) is 4.79 Å². The fourth-order valence-electron chi connectivity index (χ4n) is 6.37. The van der Waals surface area contributed by atoms with E-state index in [0.29, 0.717) is 17.8 Å². The van der Waals surface area contributed by atoms with Crippen molar-refractivity contribution < 1.29 is 15.0 Å². The van der Waals surface area contributed by atoms with Crippen LogP contribution in [0.25, 0.3) is 11.3 Å². The van der Waals surface area contributed by atoms with Crippen molar-refractivity contribution in [2.24, 2.45) is 11.8 Å². The minimum absolute atomic E-state index is 0.0371. The van der Waals surface area contributed by atoms with Crippen molar-refractivity contribution >= 4 is 5.78 Å². The number of hydrogen-bond acceptors (Lipinski definition) is 5. The molecule has 3 atom stereocenters. The summed E-state index contributed by atoms with van der Waals surface area (Å²) in [5.41, 5.74) is 6.40. The average Bonchev–Trinajstić information content (AvgIpc) is 2.89. The molecule has 0 bridgehead atoms. The van der Waals surface area contributed by atoms with Gasteiger partial charge in [-0.25, -0.2) is 9.97 Å². The number of nitrogens with zero attached hydrogens (tertiary/aromatic N) is 2. The maximum atomic E-state index is 13.1. The Morgan fingerprint density at radius 1 is 1.11 bits per heavy atom. The quantitative estimate of drug-likeness (QED) is 0.393. The summed E-state index contributed by atoms with van der Waals surface area (Å²) < 4.78 is 0. The van der Waals surface area contributed by atoms with Crippen LogP contribution in [0.1, 0.15) is 54.4 Å². The van der Waals surface area contributed by atoms with Gasteiger partial charge in [-0.05, 0) is 62.1 Å². The van der Waals surface area contributed by atoms with Crippen molar-refractivity contribution in [3.05, 3.63) is 94.6 Å². The van der Waals surface area contributed by atoms with Crippen LogP contribution < -0.4 is 0 Å². The van der Waals surface area contributed by atoms with Crippen LogP contribution in [0.2, 0.25) is 0 Å². The van der Waals surface area contributed by atoms with E-state index in [1.165, 1.54) is 5.56 Å². The molecule has 0 spiro atoms. The Kier molecular flexibility index (Phi) is 6.28. The van der Waals surface area contributed by atoms with Crippen LogP contribution >= 0.6 is 0 Å². The van der Waals surface area contributed by atoms with Crippen molar-refractivity contribution in [3.63, 3.8) is 0 Å². The molecule has 5 heteroatoms. The molecule has 180 valence electrons. The molecule has 35 heavy (non-hydrogen) atoms. The highest BCUT2D eigenvalue weighted by Gasteiger charge is 2.55. The summed E-state index contributed by atoms with van der Waals surface area (Å²) in [6.45, 7) is 4.10. The summed E-state index contributed by atoms with van der Waals surface area (Å²) in [6.07, 6.45) is 4.65. The molecule has 1 fully saturated rings. The molecular weight excluding hydrogens is 436 g/mol. The first kappa shape index (κ1) is 23.4. The first-order chi connectivity index (χ1) is 17.0. The summed E-state index contributed by atoms with van der Waals surface area (Å²) in [5.74, 6) is 0.618. The summed E-state index contributed by atoms with van der Waals surface area (Å²) >= 11 is 0. The number of rotatable bonds is 5. The number of aliphatic hydroxyl groups excluding tert-OH is 2. The maximum Gasteiger partial charge on any atom is 0.165 e. The van der Waals surface area contributed by atoms with Gasteiger partial charge in [0, 0.05) is 34.6 Å². The van der Waals surface area contributed by atoms with Gasteiger partial charge >= 0.3 is 0 Å². The monoisotopic (exact) mass is 468 g/mol. The van der Waals surface area contributed by atoms with Gasteiger partial charge in [-0.2, -0.15) is 0 Å². The van der Waals surface area contributed by atoms with Crippen LogP contribution in [-0.4, -0.2) is 32.6 Å². The largest absolute Gasteiger partial charge is 0.515 e. The smallest absolute Gasteiger partial charge is 0.165 e. The number of ketones is 1. The van der Waals surface area contributed by atoms with Crippen molar-refractivity contribution in [1.29, 1.82) is 0 Å². The second kappa shape index (κ2) is 9.38. The van der Waals surface area contributed by atoms with E-state index in [2.05, 4.69) is 36.4 Å². The maximum absolute atomic E-state index is 13.1. The highest BCUT2D eigenvalue weighted by Crippen LogP contribution is 2.56. The molecule has 0 radical (unpaired) electrons. The van der Waals surface area contributed by atoms with Crippen LogP contribution in [0.15, 0.2) is 66.4 Å². The van der Waals surface area contributed by atoms with Crippen molar-refractivity contribution in [3.8, 4) is 11.3 Å². The molecule has 0 unspecified atom stereocenters. The number of aliphatic hydroxyl groups is 2. The van der Waals surface area contributed by atoms with Gasteiger partial charge in [-0.15, -0.1) is 0 Å². The van der Waals surface area contributed by atoms with Gasteiger partial charge in [0.25, 0.3) is 0 Å². The number of hydrogen-bond donors (Lipinski definition) is 2. The van der Waals surface area contributed by atoms with E-state index in [4.69, 9.17) is 9.97 Å². The first-order valence-electron chi connectivity index (χ1n) is 12.5. The van der Waals surface area contributed by atoms with Crippen LogP contribution in [0, 0.1) is 18.8 Å². The number of carbonyl (C=O) groups is 1. The molecule has 0 aliphatic heterocycles. The van der Waals surface area contributed by atoms with Gasteiger partial charge in [0.05, 0.1) is 17.6 Å². The second-order valence-electron chi connectivity index (χ2n) is 9.94. The average molecular weight is 469 g/mol. The van der Waals surface area contributed by atoms with Gasteiger partial charge in [0.1, 0.15) is 5.82 Å². The molecule has 1 saturated carbocycles. The SMILES string of the molecule is Cc1nc(-c2cccc(CCCO)c2)c2c(n1)[C@@]1(c3ccccc3)C/C(=C/O)C(=O)[C@@H](C)[C@@H]1CC2. The minimum atomic E-state index is -0.506. The number of benzene rings is 2. The lowest BCUT2D eigenvalue weighted by atomic mass is 9.52. The molecule has 3 aromatic rings. The third kappa shape index (κ3) is 3.88. The summed E-state index contributed by atoms with van der Waals surface area (Å²) in [5, 5.41) is 19.3. The fourth-order valence-corrected chi connectivity index (χ4v) is 6.37. The number of carbonyl (C=O) groups excluding carboxylic acids is 1. The zero-order chi connectivity index (χ0) is 24.6. The van der Waals surface area contributed by atoms with Gasteiger partial charge in [0.2, 0.25) is 0 Å². The predicted octanol–water partition coefficient (Wildman–Crippen LogP) is 5.28. The third-order valence-electron chi connectivity index (χ3n) is 7.95. The Morgan fingerprint density at radius 2 is 1.91 bits per heavy atom. The molecule has 1 heterocycles.